The first kappa shape index (κ1) is 19.6. The predicted octanol–water partition coefficient (Wildman–Crippen LogP) is 2.65. The van der Waals surface area contributed by atoms with Crippen molar-refractivity contribution < 1.29 is 4.74 Å². The number of ether oxygens (including phenoxy) is 1. The van der Waals surface area contributed by atoms with Crippen LogP contribution < -0.4 is 10.6 Å². The van der Waals surface area contributed by atoms with Crippen LogP contribution in [0.2, 0.25) is 0 Å². The molecule has 0 bridgehead atoms. The number of thiazole rings is 1. The molecule has 1 aromatic heterocycles. The Morgan fingerprint density at radius 1 is 1.41 bits per heavy atom. The Kier molecular flexibility index (Phi) is 9.27. The fraction of sp³-hybridized carbons (Fsp3) is 0.733. The molecule has 1 aromatic rings. The van der Waals surface area contributed by atoms with Crippen molar-refractivity contribution in [2.45, 2.75) is 46.1 Å². The van der Waals surface area contributed by atoms with Crippen molar-refractivity contribution in [1.82, 2.24) is 15.6 Å². The second-order valence-electron chi connectivity index (χ2n) is 5.27. The van der Waals surface area contributed by atoms with Crippen molar-refractivity contribution in [1.29, 1.82) is 0 Å². The molecule has 0 aliphatic carbocycles. The highest BCUT2D eigenvalue weighted by Gasteiger charge is 2.14. The molecule has 0 amide bonds. The summed E-state index contributed by atoms with van der Waals surface area (Å²) in [6, 6.07) is 0. The van der Waals surface area contributed by atoms with Crippen LogP contribution in [0.4, 0.5) is 0 Å². The number of hydrogen-bond acceptors (Lipinski definition) is 4. The van der Waals surface area contributed by atoms with Crippen molar-refractivity contribution in [3.63, 3.8) is 0 Å². The third kappa shape index (κ3) is 6.37. The molecule has 5 nitrogen and oxygen atoms in total. The molecule has 1 atom stereocenters. The zero-order chi connectivity index (χ0) is 15.1. The van der Waals surface area contributed by atoms with Crippen LogP contribution in [0, 0.1) is 13.8 Å². The van der Waals surface area contributed by atoms with Gasteiger partial charge in [-0.1, -0.05) is 0 Å². The largest absolute Gasteiger partial charge is 0.376 e. The lowest BCUT2D eigenvalue weighted by Crippen LogP contribution is -2.38. The maximum absolute atomic E-state index is 5.60. The van der Waals surface area contributed by atoms with Crippen LogP contribution in [0.5, 0.6) is 0 Å². The van der Waals surface area contributed by atoms with Gasteiger partial charge in [0.2, 0.25) is 0 Å². The van der Waals surface area contributed by atoms with Crippen LogP contribution in [-0.2, 0) is 11.2 Å². The summed E-state index contributed by atoms with van der Waals surface area (Å²) in [6.07, 6.45) is 3.57. The lowest BCUT2D eigenvalue weighted by molar-refractivity contribution is 0.117. The van der Waals surface area contributed by atoms with Crippen LogP contribution >= 0.6 is 35.3 Å². The number of hydrogen-bond donors (Lipinski definition) is 2. The second kappa shape index (κ2) is 10.4. The molecule has 2 rings (SSSR count). The van der Waals surface area contributed by atoms with Gasteiger partial charge in [-0.3, -0.25) is 4.99 Å². The van der Waals surface area contributed by atoms with Crippen LogP contribution in [0.15, 0.2) is 4.99 Å². The Balaban J connectivity index is 0.00000242. The van der Waals surface area contributed by atoms with Crippen LogP contribution in [-0.4, -0.2) is 43.3 Å². The van der Waals surface area contributed by atoms with Gasteiger partial charge < -0.3 is 15.4 Å². The minimum absolute atomic E-state index is 0. The Labute approximate surface area is 154 Å². The highest BCUT2D eigenvalue weighted by molar-refractivity contribution is 14.0. The summed E-state index contributed by atoms with van der Waals surface area (Å²) in [6.45, 7) is 9.59. The Bertz CT molecular complexity index is 472. The minimum Gasteiger partial charge on any atom is -0.376 e. The lowest BCUT2D eigenvalue weighted by Gasteiger charge is -2.12. The normalized spacial score (nSPS) is 18.1. The molecule has 1 fully saturated rings. The fourth-order valence-corrected chi connectivity index (χ4v) is 3.36. The SMILES string of the molecule is CCNC(=NCC1CCCO1)NCCc1sc(C)nc1C.I. The fourth-order valence-electron chi connectivity index (χ4n) is 2.42. The summed E-state index contributed by atoms with van der Waals surface area (Å²) in [4.78, 5) is 10.4. The van der Waals surface area contributed by atoms with Crippen LogP contribution in [0.25, 0.3) is 0 Å². The third-order valence-corrected chi connectivity index (χ3v) is 4.60. The number of aryl methyl sites for hydroxylation is 2. The molecule has 0 saturated carbocycles. The smallest absolute Gasteiger partial charge is 0.191 e. The lowest BCUT2D eigenvalue weighted by atomic mass is 10.2. The molecule has 7 heteroatoms. The zero-order valence-electron chi connectivity index (χ0n) is 13.6. The second-order valence-corrected chi connectivity index (χ2v) is 6.56. The van der Waals surface area contributed by atoms with Crippen LogP contribution in [0.3, 0.4) is 0 Å². The molecule has 1 aliphatic rings. The first-order valence-corrected chi connectivity index (χ1v) is 8.57. The van der Waals surface area contributed by atoms with E-state index >= 15 is 0 Å². The summed E-state index contributed by atoms with van der Waals surface area (Å²) >= 11 is 1.78. The molecule has 1 aliphatic heterocycles. The van der Waals surface area contributed by atoms with Crippen molar-refractivity contribution in [3.05, 3.63) is 15.6 Å². The summed E-state index contributed by atoms with van der Waals surface area (Å²) < 4.78 is 5.60. The summed E-state index contributed by atoms with van der Waals surface area (Å²) in [5.41, 5.74) is 1.15. The van der Waals surface area contributed by atoms with E-state index in [1.807, 2.05) is 0 Å². The van der Waals surface area contributed by atoms with E-state index in [4.69, 9.17) is 4.74 Å². The number of halogens is 1. The van der Waals surface area contributed by atoms with E-state index in [9.17, 15) is 0 Å². The first-order valence-electron chi connectivity index (χ1n) is 7.75. The van der Waals surface area contributed by atoms with E-state index in [1.54, 1.807) is 11.3 Å². The number of aromatic nitrogens is 1. The first-order chi connectivity index (χ1) is 10.2. The molecule has 1 unspecified atom stereocenters. The average Bonchev–Trinajstić information content (AvgIpc) is 3.06. The standard InChI is InChI=1S/C15H26N4OS.HI/c1-4-16-15(18-10-13-6-5-9-20-13)17-8-7-14-11(2)19-12(3)21-14;/h13H,4-10H2,1-3H3,(H2,16,17,18);1H. The van der Waals surface area contributed by atoms with Gasteiger partial charge in [-0.15, -0.1) is 35.3 Å². The summed E-state index contributed by atoms with van der Waals surface area (Å²) in [5.74, 6) is 0.881. The Morgan fingerprint density at radius 3 is 2.82 bits per heavy atom. The summed E-state index contributed by atoms with van der Waals surface area (Å²) in [7, 11) is 0. The summed E-state index contributed by atoms with van der Waals surface area (Å²) in [5, 5.41) is 7.82. The van der Waals surface area contributed by atoms with E-state index < -0.39 is 0 Å². The number of aliphatic imine (C=N–C) groups is 1. The third-order valence-electron chi connectivity index (χ3n) is 3.47. The molecule has 1 saturated heterocycles. The molecule has 2 heterocycles. The maximum atomic E-state index is 5.60. The van der Waals surface area contributed by atoms with Crippen molar-refractivity contribution >= 4 is 41.3 Å². The molecule has 22 heavy (non-hydrogen) atoms. The minimum atomic E-state index is 0. The number of rotatable bonds is 6. The molecule has 0 aromatic carbocycles. The monoisotopic (exact) mass is 438 g/mol. The van der Waals surface area contributed by atoms with E-state index in [0.717, 1.165) is 62.2 Å². The van der Waals surface area contributed by atoms with Crippen molar-refractivity contribution in [2.75, 3.05) is 26.2 Å². The number of nitrogens with one attached hydrogen (secondary N) is 2. The maximum Gasteiger partial charge on any atom is 0.191 e. The van der Waals surface area contributed by atoms with Gasteiger partial charge in [-0.2, -0.15) is 0 Å². The van der Waals surface area contributed by atoms with E-state index in [-0.39, 0.29) is 24.0 Å². The van der Waals surface area contributed by atoms with Gasteiger partial charge in [0.05, 0.1) is 23.4 Å². The van der Waals surface area contributed by atoms with Gasteiger partial charge in [0.1, 0.15) is 0 Å². The molecule has 0 spiro atoms. The molecule has 0 radical (unpaired) electrons. The van der Waals surface area contributed by atoms with Gasteiger partial charge >= 0.3 is 0 Å². The topological polar surface area (TPSA) is 58.5 Å². The van der Waals surface area contributed by atoms with E-state index in [0.29, 0.717) is 6.10 Å². The highest BCUT2D eigenvalue weighted by Crippen LogP contribution is 2.17. The van der Waals surface area contributed by atoms with Crippen molar-refractivity contribution in [2.24, 2.45) is 4.99 Å². The zero-order valence-corrected chi connectivity index (χ0v) is 16.8. The van der Waals surface area contributed by atoms with Gasteiger partial charge in [0.15, 0.2) is 5.96 Å². The van der Waals surface area contributed by atoms with Gasteiger partial charge in [0, 0.05) is 31.0 Å². The van der Waals surface area contributed by atoms with E-state index in [1.165, 1.54) is 4.88 Å². The van der Waals surface area contributed by atoms with Gasteiger partial charge in [-0.05, 0) is 33.6 Å². The highest BCUT2D eigenvalue weighted by atomic mass is 127. The quantitative estimate of drug-likeness (QED) is 0.408. The molecule has 126 valence electrons. The Hall–Kier alpha value is -0.410. The van der Waals surface area contributed by atoms with Gasteiger partial charge in [0.25, 0.3) is 0 Å². The molecule has 2 N–H and O–H groups in total. The Morgan fingerprint density at radius 2 is 2.23 bits per heavy atom. The number of guanidine groups is 1. The average molecular weight is 438 g/mol. The van der Waals surface area contributed by atoms with Gasteiger partial charge in [-0.25, -0.2) is 4.98 Å². The van der Waals surface area contributed by atoms with E-state index in [2.05, 4.69) is 41.4 Å². The van der Waals surface area contributed by atoms with Crippen molar-refractivity contribution in [3.8, 4) is 0 Å². The molecular weight excluding hydrogens is 411 g/mol. The van der Waals surface area contributed by atoms with Crippen LogP contribution in [0.1, 0.15) is 35.3 Å². The molecular formula is C15H27IN4OS. The number of nitrogens with zero attached hydrogens (tertiary/aromatic N) is 2. The predicted molar refractivity (Wildman–Crippen MR) is 104 cm³/mol.